The number of ketones is 1. The molecule has 0 spiro atoms. The lowest BCUT2D eigenvalue weighted by Crippen LogP contribution is -2.66. The van der Waals surface area contributed by atoms with E-state index in [1.807, 2.05) is 13.8 Å². The number of hydrogen-bond donors (Lipinski definition) is 4. The average molecular weight is 765 g/mol. The molecular weight excluding hydrogens is 693 g/mol. The maximum absolute atomic E-state index is 14.1. The average Bonchev–Trinajstić information content (AvgIpc) is 3.41. The Balaban J connectivity index is 1.13. The van der Waals surface area contributed by atoms with E-state index in [1.165, 1.54) is 5.57 Å². The zero-order chi connectivity index (χ0) is 40.3. The van der Waals surface area contributed by atoms with Crippen molar-refractivity contribution < 1.29 is 34.1 Å². The number of allylic oxidation sites excluding steroid dienone is 1. The van der Waals surface area contributed by atoms with E-state index in [0.29, 0.717) is 37.5 Å². The van der Waals surface area contributed by atoms with E-state index in [0.717, 1.165) is 76.2 Å². The summed E-state index contributed by atoms with van der Waals surface area (Å²) >= 11 is 0. The Labute approximate surface area is 330 Å². The molecule has 55 heavy (non-hydrogen) atoms. The van der Waals surface area contributed by atoms with Crippen LogP contribution in [0.15, 0.2) is 11.1 Å². The number of ether oxygens (including phenoxy) is 1. The quantitative estimate of drug-likeness (QED) is 0.183. The summed E-state index contributed by atoms with van der Waals surface area (Å²) in [5.41, 5.74) is 6.32. The van der Waals surface area contributed by atoms with Gasteiger partial charge < -0.3 is 26.0 Å². The van der Waals surface area contributed by atoms with Crippen molar-refractivity contribution in [3.8, 4) is 0 Å². The van der Waals surface area contributed by atoms with Crippen LogP contribution in [0.25, 0.3) is 0 Å². The van der Waals surface area contributed by atoms with Crippen molar-refractivity contribution in [2.24, 2.45) is 73.7 Å². The normalized spacial score (nSPS) is 43.2. The molecule has 9 heteroatoms. The summed E-state index contributed by atoms with van der Waals surface area (Å²) < 4.78 is 6.41. The summed E-state index contributed by atoms with van der Waals surface area (Å²) in [6.07, 6.45) is 11.5. The van der Waals surface area contributed by atoms with E-state index in [9.17, 15) is 29.4 Å². The molecule has 0 heterocycles. The molecule has 7 aliphatic carbocycles. The fourth-order valence-electron chi connectivity index (χ4n) is 15.2. The number of esters is 1. The van der Waals surface area contributed by atoms with Gasteiger partial charge in [-0.25, -0.2) is 0 Å². The van der Waals surface area contributed by atoms with Gasteiger partial charge in [-0.05, 0) is 122 Å². The molecule has 0 aliphatic heterocycles. The second-order valence-electron chi connectivity index (χ2n) is 22.1. The number of carboxylic acid groups (broad SMARTS) is 1. The van der Waals surface area contributed by atoms with Gasteiger partial charge in [0.1, 0.15) is 6.10 Å². The molecule has 308 valence electrons. The van der Waals surface area contributed by atoms with E-state index < -0.39 is 40.3 Å². The number of Topliss-reactive ketones (excluding diaryl/α,β-unsaturated/α-hetero) is 1. The number of aliphatic hydroxyl groups is 1. The Morgan fingerprint density at radius 3 is 2.11 bits per heavy atom. The van der Waals surface area contributed by atoms with Gasteiger partial charge in [0.05, 0.1) is 23.5 Å². The minimum absolute atomic E-state index is 0.0154. The minimum Gasteiger partial charge on any atom is -0.481 e. The molecule has 6 fully saturated rings. The molecule has 0 aromatic rings. The molecule has 11 atom stereocenters. The predicted octanol–water partition coefficient (Wildman–Crippen LogP) is 7.76. The highest BCUT2D eigenvalue weighted by Gasteiger charge is 2.71. The Morgan fingerprint density at radius 1 is 0.818 bits per heavy atom. The van der Waals surface area contributed by atoms with Gasteiger partial charge in [-0.3, -0.25) is 19.2 Å². The fraction of sp³-hybridized carbons (Fsp3) is 0.870. The number of carbonyl (C=O) groups is 4. The first kappa shape index (κ1) is 40.9. The standard InChI is InChI=1S/C46H72N2O7/c1-26(2)35-30(49)24-45(33(50)25-48-39(54)46(47)17-11-10-12-18-46)22-21-43(8)27(36(35)45)13-14-32-42(7)19-16-34(41(5,6)31(42)15-20-44(32,43)9)55-38(53)29-23-28(37(51)52)40(29,3)4/h26-29,31-34,50H,10-25,47H2,1-9H3,(H,48,54)(H,51,52)/t27-,28+,29-,31+,32-,33+,34+,42+,43-,44-,45+/m1/s1. The Bertz CT molecular complexity index is 1640. The Hall–Kier alpha value is -2.26. The molecule has 5 N–H and O–H groups in total. The third kappa shape index (κ3) is 5.79. The van der Waals surface area contributed by atoms with Crippen LogP contribution < -0.4 is 11.1 Å². The lowest BCUT2D eigenvalue weighted by atomic mass is 9.33. The maximum Gasteiger partial charge on any atom is 0.309 e. The largest absolute Gasteiger partial charge is 0.481 e. The van der Waals surface area contributed by atoms with Crippen LogP contribution >= 0.6 is 0 Å². The van der Waals surface area contributed by atoms with Crippen LogP contribution in [0.5, 0.6) is 0 Å². The Kier molecular flexibility index (Phi) is 9.96. The van der Waals surface area contributed by atoms with Crippen LogP contribution in [0, 0.1) is 68.0 Å². The number of aliphatic hydroxyl groups excluding tert-OH is 1. The first-order valence-corrected chi connectivity index (χ1v) is 22.0. The number of aliphatic carboxylic acids is 1. The number of hydrogen-bond acceptors (Lipinski definition) is 7. The summed E-state index contributed by atoms with van der Waals surface area (Å²) in [4.78, 5) is 52.9. The van der Waals surface area contributed by atoms with Crippen molar-refractivity contribution in [1.82, 2.24) is 5.32 Å². The lowest BCUT2D eigenvalue weighted by molar-refractivity contribution is -0.238. The third-order valence-corrected chi connectivity index (χ3v) is 18.8. The first-order chi connectivity index (χ1) is 25.5. The number of fused-ring (bicyclic) bond motifs is 7. The molecular formula is C46H72N2O7. The molecule has 0 saturated heterocycles. The molecule has 0 aromatic carbocycles. The number of rotatable bonds is 8. The topological polar surface area (TPSA) is 156 Å². The smallest absolute Gasteiger partial charge is 0.309 e. The van der Waals surface area contributed by atoms with Crippen molar-refractivity contribution in [2.75, 3.05) is 6.54 Å². The molecule has 9 nitrogen and oxygen atoms in total. The predicted molar refractivity (Wildman–Crippen MR) is 211 cm³/mol. The molecule has 0 aromatic heterocycles. The lowest BCUT2D eigenvalue weighted by Gasteiger charge is -2.72. The number of amides is 1. The van der Waals surface area contributed by atoms with Gasteiger partial charge in [0.15, 0.2) is 5.78 Å². The number of carboxylic acids is 1. The van der Waals surface area contributed by atoms with Crippen molar-refractivity contribution in [1.29, 1.82) is 0 Å². The summed E-state index contributed by atoms with van der Waals surface area (Å²) in [6, 6.07) is 0. The van der Waals surface area contributed by atoms with Crippen molar-refractivity contribution in [3.63, 3.8) is 0 Å². The monoisotopic (exact) mass is 765 g/mol. The maximum atomic E-state index is 14.1. The molecule has 7 aliphatic rings. The second kappa shape index (κ2) is 13.4. The van der Waals surface area contributed by atoms with Crippen molar-refractivity contribution in [2.45, 2.75) is 176 Å². The van der Waals surface area contributed by atoms with Gasteiger partial charge in [-0.1, -0.05) is 87.1 Å². The number of nitrogens with one attached hydrogen (secondary N) is 1. The molecule has 0 radical (unpaired) electrons. The minimum atomic E-state index is -0.885. The summed E-state index contributed by atoms with van der Waals surface area (Å²) in [6.45, 7) is 20.3. The van der Waals surface area contributed by atoms with E-state index in [2.05, 4.69) is 53.8 Å². The second-order valence-corrected chi connectivity index (χ2v) is 22.1. The van der Waals surface area contributed by atoms with Crippen molar-refractivity contribution in [3.05, 3.63) is 11.1 Å². The highest BCUT2D eigenvalue weighted by Crippen LogP contribution is 2.77. The van der Waals surface area contributed by atoms with Crippen LogP contribution in [0.2, 0.25) is 0 Å². The first-order valence-electron chi connectivity index (χ1n) is 22.0. The molecule has 6 saturated carbocycles. The van der Waals surface area contributed by atoms with Gasteiger partial charge >= 0.3 is 11.9 Å². The summed E-state index contributed by atoms with van der Waals surface area (Å²) in [5.74, 6) is -0.916. The zero-order valence-corrected chi connectivity index (χ0v) is 35.4. The summed E-state index contributed by atoms with van der Waals surface area (Å²) in [7, 11) is 0. The van der Waals surface area contributed by atoms with E-state index >= 15 is 0 Å². The van der Waals surface area contributed by atoms with E-state index in [1.54, 1.807) is 0 Å². The number of carbonyl (C=O) groups excluding carboxylic acids is 3. The fourth-order valence-corrected chi connectivity index (χ4v) is 15.2. The number of nitrogens with two attached hydrogens (primary N) is 1. The van der Waals surface area contributed by atoms with E-state index in [4.69, 9.17) is 10.5 Å². The molecule has 1 amide bonds. The molecule has 7 rings (SSSR count). The van der Waals surface area contributed by atoms with Gasteiger partial charge in [-0.15, -0.1) is 0 Å². The van der Waals surface area contributed by atoms with Crippen LogP contribution in [0.1, 0.15) is 159 Å². The molecule has 0 bridgehead atoms. The zero-order valence-electron chi connectivity index (χ0n) is 35.4. The van der Waals surface area contributed by atoms with Gasteiger partial charge in [0.2, 0.25) is 5.91 Å². The van der Waals surface area contributed by atoms with Crippen LogP contribution in [-0.4, -0.2) is 58.1 Å². The Morgan fingerprint density at radius 2 is 1.49 bits per heavy atom. The van der Waals surface area contributed by atoms with Crippen LogP contribution in [0.4, 0.5) is 0 Å². The highest BCUT2D eigenvalue weighted by molar-refractivity contribution is 6.01. The highest BCUT2D eigenvalue weighted by atomic mass is 16.5. The van der Waals surface area contributed by atoms with Gasteiger partial charge in [-0.2, -0.15) is 0 Å². The van der Waals surface area contributed by atoms with Gasteiger partial charge in [0.25, 0.3) is 0 Å². The van der Waals surface area contributed by atoms with Gasteiger partial charge in [0, 0.05) is 23.8 Å². The third-order valence-electron chi connectivity index (χ3n) is 18.8. The van der Waals surface area contributed by atoms with E-state index in [-0.39, 0.29) is 63.8 Å². The summed E-state index contributed by atoms with van der Waals surface area (Å²) in [5, 5.41) is 24.9. The van der Waals surface area contributed by atoms with Crippen LogP contribution in [-0.2, 0) is 23.9 Å². The van der Waals surface area contributed by atoms with Crippen LogP contribution in [0.3, 0.4) is 0 Å². The molecule has 0 unspecified atom stereocenters. The van der Waals surface area contributed by atoms with Crippen molar-refractivity contribution >= 4 is 23.6 Å². The SMILES string of the molecule is CC(C)C1=C2[C@H]3CC[C@@H]4[C@@]5(C)CC[C@H](OC(=O)[C@H]6C[C@@H](C(=O)O)C6(C)C)C(C)(C)[C@@H]5CC[C@@]4(C)[C@]3(C)CC[C@@]2([C@@H](O)CNC(=O)C2(N)CCCCC2)CC1=O.